The van der Waals surface area contributed by atoms with Crippen LogP contribution in [0.1, 0.15) is 17.5 Å². The molecule has 1 aliphatic heterocycles. The summed E-state index contributed by atoms with van der Waals surface area (Å²) in [6.07, 6.45) is 1.46. The molecule has 3 rings (SSSR count). The zero-order valence-electron chi connectivity index (χ0n) is 9.01. The van der Waals surface area contributed by atoms with Crippen molar-refractivity contribution < 1.29 is 14.4 Å². The van der Waals surface area contributed by atoms with E-state index in [1.807, 2.05) is 0 Å². The minimum absolute atomic E-state index is 0.0436. The molecule has 1 saturated heterocycles. The first kappa shape index (κ1) is 11.0. The van der Waals surface area contributed by atoms with Crippen LogP contribution in [0.4, 0.5) is 5.69 Å². The molecule has 0 saturated carbocycles. The highest BCUT2D eigenvalue weighted by Gasteiger charge is 2.45. The van der Waals surface area contributed by atoms with Crippen molar-refractivity contribution in [2.75, 3.05) is 13.2 Å². The van der Waals surface area contributed by atoms with Crippen molar-refractivity contribution in [2.45, 2.75) is 23.5 Å². The molecule has 1 spiro atoms. The van der Waals surface area contributed by atoms with E-state index in [0.29, 0.717) is 18.1 Å². The summed E-state index contributed by atoms with van der Waals surface area (Å²) in [5.74, 6) is -0.679. The van der Waals surface area contributed by atoms with Gasteiger partial charge in [0.25, 0.3) is 5.69 Å². The molecule has 0 radical (unpaired) electrons. The Kier molecular flexibility index (Phi) is 2.39. The van der Waals surface area contributed by atoms with Gasteiger partial charge in [-0.3, -0.25) is 10.1 Å². The number of fused-ring (bicyclic) bond motifs is 2. The van der Waals surface area contributed by atoms with Gasteiger partial charge in [0, 0.05) is 18.1 Å². The first-order chi connectivity index (χ1) is 8.12. The standard InChI is InChI=1S/C11H11NO4S/c13-12(14)9-5-7-1-2-11(15-3-4-16-11)8(7)6-10(9)17/h5-6,17H,1-4H2. The number of nitrogens with zero attached hydrogens (tertiary/aromatic N) is 1. The second-order valence-corrected chi connectivity index (χ2v) is 4.69. The molecule has 0 N–H and O–H groups in total. The van der Waals surface area contributed by atoms with Crippen LogP contribution in [0.15, 0.2) is 17.0 Å². The van der Waals surface area contributed by atoms with Crippen molar-refractivity contribution in [1.82, 2.24) is 0 Å². The van der Waals surface area contributed by atoms with E-state index in [9.17, 15) is 10.1 Å². The van der Waals surface area contributed by atoms with E-state index in [2.05, 4.69) is 12.6 Å². The number of hydrogen-bond donors (Lipinski definition) is 1. The summed E-state index contributed by atoms with van der Waals surface area (Å²) >= 11 is 4.16. The van der Waals surface area contributed by atoms with Gasteiger partial charge in [-0.25, -0.2) is 0 Å². The average Bonchev–Trinajstić information content (AvgIpc) is 2.88. The smallest absolute Gasteiger partial charge is 0.282 e. The van der Waals surface area contributed by atoms with E-state index in [-0.39, 0.29) is 5.69 Å². The Morgan fingerprint density at radius 2 is 2.06 bits per heavy atom. The van der Waals surface area contributed by atoms with Crippen LogP contribution in [0.5, 0.6) is 0 Å². The first-order valence-electron chi connectivity index (χ1n) is 5.41. The molecular formula is C11H11NO4S. The first-order valence-corrected chi connectivity index (χ1v) is 5.86. The third-order valence-corrected chi connectivity index (χ3v) is 3.64. The predicted octanol–water partition coefficient (Wildman–Crippen LogP) is 2.03. The molecule has 0 bridgehead atoms. The number of hydrogen-bond acceptors (Lipinski definition) is 5. The summed E-state index contributed by atoms with van der Waals surface area (Å²) in [5.41, 5.74) is 1.86. The molecule has 0 unspecified atom stereocenters. The van der Waals surface area contributed by atoms with Crippen molar-refractivity contribution in [3.05, 3.63) is 33.4 Å². The topological polar surface area (TPSA) is 61.6 Å². The summed E-state index contributed by atoms with van der Waals surface area (Å²) in [5, 5.41) is 10.8. The van der Waals surface area contributed by atoms with Gasteiger partial charge in [0.2, 0.25) is 0 Å². The maximum absolute atomic E-state index is 10.8. The minimum atomic E-state index is -0.679. The van der Waals surface area contributed by atoms with Crippen molar-refractivity contribution in [3.63, 3.8) is 0 Å². The van der Waals surface area contributed by atoms with Gasteiger partial charge in [0.05, 0.1) is 23.0 Å². The molecule has 2 aliphatic rings. The van der Waals surface area contributed by atoms with Crippen molar-refractivity contribution >= 4 is 18.3 Å². The fourth-order valence-corrected chi connectivity index (χ4v) is 2.79. The Balaban J connectivity index is 2.11. The highest BCUT2D eigenvalue weighted by molar-refractivity contribution is 7.80. The molecule has 1 aliphatic carbocycles. The quantitative estimate of drug-likeness (QED) is 0.472. The highest BCUT2D eigenvalue weighted by Crippen LogP contribution is 2.45. The van der Waals surface area contributed by atoms with Gasteiger partial charge in [-0.15, -0.1) is 12.6 Å². The van der Waals surface area contributed by atoms with E-state index in [0.717, 1.165) is 24.0 Å². The number of thiol groups is 1. The van der Waals surface area contributed by atoms with Crippen LogP contribution >= 0.6 is 12.6 Å². The fraction of sp³-hybridized carbons (Fsp3) is 0.455. The van der Waals surface area contributed by atoms with E-state index in [1.165, 1.54) is 0 Å². The van der Waals surface area contributed by atoms with Crippen LogP contribution in [-0.2, 0) is 21.7 Å². The summed E-state index contributed by atoms with van der Waals surface area (Å²) in [4.78, 5) is 10.8. The van der Waals surface area contributed by atoms with Gasteiger partial charge in [-0.2, -0.15) is 0 Å². The molecule has 17 heavy (non-hydrogen) atoms. The monoisotopic (exact) mass is 253 g/mol. The third kappa shape index (κ3) is 1.55. The Hall–Kier alpha value is -1.11. The van der Waals surface area contributed by atoms with Crippen LogP contribution in [0.3, 0.4) is 0 Å². The van der Waals surface area contributed by atoms with Crippen LogP contribution in [0.25, 0.3) is 0 Å². The van der Waals surface area contributed by atoms with Crippen LogP contribution in [-0.4, -0.2) is 18.1 Å². The maximum Gasteiger partial charge on any atom is 0.282 e. The van der Waals surface area contributed by atoms with Gasteiger partial charge in [0.15, 0.2) is 5.79 Å². The van der Waals surface area contributed by atoms with Gasteiger partial charge in [0.1, 0.15) is 0 Å². The molecule has 1 aromatic carbocycles. The molecule has 1 aromatic rings. The molecule has 0 amide bonds. The van der Waals surface area contributed by atoms with Crippen LogP contribution < -0.4 is 0 Å². The largest absolute Gasteiger partial charge is 0.343 e. The highest BCUT2D eigenvalue weighted by atomic mass is 32.1. The zero-order chi connectivity index (χ0) is 12.0. The van der Waals surface area contributed by atoms with E-state index >= 15 is 0 Å². The van der Waals surface area contributed by atoms with Crippen molar-refractivity contribution in [3.8, 4) is 0 Å². The lowest BCUT2D eigenvalue weighted by atomic mass is 10.1. The van der Waals surface area contributed by atoms with Crippen LogP contribution in [0, 0.1) is 10.1 Å². The number of benzene rings is 1. The average molecular weight is 253 g/mol. The van der Waals surface area contributed by atoms with Gasteiger partial charge >= 0.3 is 0 Å². The fourth-order valence-electron chi connectivity index (χ4n) is 2.52. The summed E-state index contributed by atoms with van der Waals surface area (Å²) < 4.78 is 11.3. The van der Waals surface area contributed by atoms with E-state index in [1.54, 1.807) is 12.1 Å². The third-order valence-electron chi connectivity index (χ3n) is 3.28. The summed E-state index contributed by atoms with van der Waals surface area (Å²) in [6.45, 7) is 1.14. The molecule has 0 atom stereocenters. The Morgan fingerprint density at radius 3 is 2.71 bits per heavy atom. The molecular weight excluding hydrogens is 242 g/mol. The molecule has 0 aromatic heterocycles. The maximum atomic E-state index is 10.8. The number of nitro groups is 1. The molecule has 5 nitrogen and oxygen atoms in total. The summed E-state index contributed by atoms with van der Waals surface area (Å²) in [6, 6.07) is 3.28. The Labute approximate surface area is 103 Å². The second kappa shape index (κ2) is 3.69. The molecule has 1 fully saturated rings. The normalized spacial score (nSPS) is 20.8. The zero-order valence-corrected chi connectivity index (χ0v) is 9.90. The molecule has 90 valence electrons. The molecule has 6 heteroatoms. The number of nitro benzene ring substituents is 1. The lowest BCUT2D eigenvalue weighted by Gasteiger charge is -2.22. The minimum Gasteiger partial charge on any atom is -0.343 e. The second-order valence-electron chi connectivity index (χ2n) is 4.21. The lowest BCUT2D eigenvalue weighted by molar-refractivity contribution is -0.387. The summed E-state index contributed by atoms with van der Waals surface area (Å²) in [7, 11) is 0. The van der Waals surface area contributed by atoms with Crippen LogP contribution in [0.2, 0.25) is 0 Å². The SMILES string of the molecule is O=[N+]([O-])c1cc2c(cc1S)C1(CC2)OCCO1. The van der Waals surface area contributed by atoms with Gasteiger partial charge < -0.3 is 9.47 Å². The predicted molar refractivity (Wildman–Crippen MR) is 62.3 cm³/mol. The lowest BCUT2D eigenvalue weighted by Crippen LogP contribution is -2.23. The Morgan fingerprint density at radius 1 is 1.35 bits per heavy atom. The van der Waals surface area contributed by atoms with Crippen molar-refractivity contribution in [1.29, 1.82) is 0 Å². The molecule has 1 heterocycles. The number of aryl methyl sites for hydroxylation is 1. The number of ether oxygens (including phenoxy) is 2. The van der Waals surface area contributed by atoms with E-state index < -0.39 is 10.7 Å². The van der Waals surface area contributed by atoms with Gasteiger partial charge in [-0.05, 0) is 18.1 Å². The van der Waals surface area contributed by atoms with Gasteiger partial charge in [-0.1, -0.05) is 0 Å². The van der Waals surface area contributed by atoms with E-state index in [4.69, 9.17) is 9.47 Å². The Bertz CT molecular complexity index is 496. The van der Waals surface area contributed by atoms with Crippen molar-refractivity contribution in [2.24, 2.45) is 0 Å². The number of rotatable bonds is 1.